The number of hydrogen-bond donors (Lipinski definition) is 0. The number of nitrogens with zero attached hydrogens (tertiary/aromatic N) is 2. The lowest BCUT2D eigenvalue weighted by atomic mass is 10.1. The highest BCUT2D eigenvalue weighted by molar-refractivity contribution is 6.08. The number of aromatic nitrogens is 1. The Hall–Kier alpha value is -2.77. The Morgan fingerprint density at radius 2 is 2.14 bits per heavy atom. The number of carbonyl (C=O) groups is 1. The Labute approximate surface area is 170 Å². The molecule has 1 aromatic heterocycles. The van der Waals surface area contributed by atoms with Gasteiger partial charge in [-0.05, 0) is 56.4 Å². The Morgan fingerprint density at radius 1 is 1.34 bits per heavy atom. The molecule has 0 saturated carbocycles. The Balaban J connectivity index is 1.60. The van der Waals surface area contributed by atoms with Crippen LogP contribution < -0.4 is 0 Å². The predicted octanol–water partition coefficient (Wildman–Crippen LogP) is 4.59. The maximum atomic E-state index is 12.8. The van der Waals surface area contributed by atoms with Crippen molar-refractivity contribution in [1.29, 1.82) is 0 Å². The van der Waals surface area contributed by atoms with E-state index in [1.165, 1.54) is 24.3 Å². The quantitative estimate of drug-likeness (QED) is 0.267. The number of nitro benzene ring substituents is 1. The Kier molecular flexibility index (Phi) is 7.32. The van der Waals surface area contributed by atoms with E-state index in [1.54, 1.807) is 0 Å². The Morgan fingerprint density at radius 3 is 2.79 bits per heavy atom. The molecule has 29 heavy (non-hydrogen) atoms. The molecule has 1 aliphatic rings. The van der Waals surface area contributed by atoms with Crippen LogP contribution in [0.2, 0.25) is 0 Å². The third-order valence-electron chi connectivity index (χ3n) is 4.87. The van der Waals surface area contributed by atoms with Gasteiger partial charge in [0.2, 0.25) is 5.78 Å². The molecular weight excluding hydrogens is 372 g/mol. The summed E-state index contributed by atoms with van der Waals surface area (Å²) >= 11 is 0. The minimum Gasteiger partial charge on any atom is -0.353 e. The molecule has 1 atom stereocenters. The first-order valence-electron chi connectivity index (χ1n) is 9.97. The molecule has 3 rings (SSSR count). The van der Waals surface area contributed by atoms with Crippen molar-refractivity contribution in [1.82, 2.24) is 4.57 Å². The van der Waals surface area contributed by atoms with E-state index in [2.05, 4.69) is 0 Å². The molecule has 2 heterocycles. The monoisotopic (exact) mass is 398 g/mol. The van der Waals surface area contributed by atoms with Gasteiger partial charge in [-0.3, -0.25) is 14.9 Å². The molecule has 1 saturated heterocycles. The van der Waals surface area contributed by atoms with E-state index >= 15 is 0 Å². The molecule has 0 N–H and O–H groups in total. The SMILES string of the molecule is CCn1cc(C=CCCOC2CCCCO2)cc1C(=O)c1ccc([N+](=O)[O-])cc1. The molecule has 7 nitrogen and oxygen atoms in total. The third kappa shape index (κ3) is 5.62. The van der Waals surface area contributed by atoms with Crippen LogP contribution in [0.5, 0.6) is 0 Å². The van der Waals surface area contributed by atoms with Crippen LogP contribution >= 0.6 is 0 Å². The lowest BCUT2D eigenvalue weighted by Gasteiger charge is -2.22. The van der Waals surface area contributed by atoms with Crippen LogP contribution in [0.3, 0.4) is 0 Å². The predicted molar refractivity (Wildman–Crippen MR) is 110 cm³/mol. The molecule has 1 aromatic carbocycles. The van der Waals surface area contributed by atoms with Crippen molar-refractivity contribution in [3.8, 4) is 0 Å². The van der Waals surface area contributed by atoms with Crippen LogP contribution in [0.25, 0.3) is 6.08 Å². The average molecular weight is 398 g/mol. The van der Waals surface area contributed by atoms with Gasteiger partial charge in [0.15, 0.2) is 6.29 Å². The van der Waals surface area contributed by atoms with Crippen molar-refractivity contribution in [2.45, 2.75) is 45.4 Å². The van der Waals surface area contributed by atoms with E-state index < -0.39 is 4.92 Å². The van der Waals surface area contributed by atoms with Crippen LogP contribution in [-0.4, -0.2) is 34.8 Å². The first-order chi connectivity index (χ1) is 14.1. The molecule has 0 aliphatic carbocycles. The van der Waals surface area contributed by atoms with Crippen molar-refractivity contribution in [2.75, 3.05) is 13.2 Å². The van der Waals surface area contributed by atoms with Gasteiger partial charge in [0.1, 0.15) is 0 Å². The minimum atomic E-state index is -0.476. The van der Waals surface area contributed by atoms with Crippen molar-refractivity contribution >= 4 is 17.5 Å². The smallest absolute Gasteiger partial charge is 0.269 e. The molecule has 154 valence electrons. The minimum absolute atomic E-state index is 0.0307. The van der Waals surface area contributed by atoms with Gasteiger partial charge in [-0.2, -0.15) is 0 Å². The van der Waals surface area contributed by atoms with Crippen LogP contribution in [0.4, 0.5) is 5.69 Å². The first kappa shape index (κ1) is 21.0. The number of rotatable bonds is 9. The fourth-order valence-electron chi connectivity index (χ4n) is 3.29. The van der Waals surface area contributed by atoms with Gasteiger partial charge in [-0.1, -0.05) is 12.2 Å². The normalized spacial score (nSPS) is 16.9. The summed E-state index contributed by atoms with van der Waals surface area (Å²) in [7, 11) is 0. The summed E-state index contributed by atoms with van der Waals surface area (Å²) in [4.78, 5) is 23.1. The molecule has 1 unspecified atom stereocenters. The van der Waals surface area contributed by atoms with Gasteiger partial charge in [0, 0.05) is 37.0 Å². The van der Waals surface area contributed by atoms with Crippen molar-refractivity contribution in [3.05, 3.63) is 69.5 Å². The van der Waals surface area contributed by atoms with Gasteiger partial charge < -0.3 is 14.0 Å². The molecule has 7 heteroatoms. The highest BCUT2D eigenvalue weighted by Crippen LogP contribution is 2.19. The highest BCUT2D eigenvalue weighted by Gasteiger charge is 2.16. The van der Waals surface area contributed by atoms with E-state index in [9.17, 15) is 14.9 Å². The number of aryl methyl sites for hydroxylation is 1. The van der Waals surface area contributed by atoms with E-state index in [0.29, 0.717) is 24.4 Å². The second-order valence-corrected chi connectivity index (χ2v) is 6.94. The van der Waals surface area contributed by atoms with Crippen LogP contribution in [-0.2, 0) is 16.0 Å². The summed E-state index contributed by atoms with van der Waals surface area (Å²) in [6.45, 7) is 4.00. The van der Waals surface area contributed by atoms with E-state index in [1.807, 2.05) is 35.9 Å². The number of ketones is 1. The first-order valence-corrected chi connectivity index (χ1v) is 9.97. The topological polar surface area (TPSA) is 83.6 Å². The zero-order valence-electron chi connectivity index (χ0n) is 16.6. The van der Waals surface area contributed by atoms with E-state index in [-0.39, 0.29) is 17.8 Å². The molecule has 2 aromatic rings. The van der Waals surface area contributed by atoms with Gasteiger partial charge >= 0.3 is 0 Å². The molecule has 1 aliphatic heterocycles. The summed E-state index contributed by atoms with van der Waals surface area (Å²) in [5.74, 6) is -0.154. The summed E-state index contributed by atoms with van der Waals surface area (Å²) in [5, 5.41) is 10.8. The van der Waals surface area contributed by atoms with Crippen LogP contribution in [0.1, 0.15) is 54.2 Å². The summed E-state index contributed by atoms with van der Waals surface area (Å²) in [6.07, 6.45) is 9.83. The maximum absolute atomic E-state index is 12.8. The average Bonchev–Trinajstić information content (AvgIpc) is 3.17. The van der Waals surface area contributed by atoms with Gasteiger partial charge in [-0.25, -0.2) is 0 Å². The second-order valence-electron chi connectivity index (χ2n) is 6.94. The highest BCUT2D eigenvalue weighted by atomic mass is 16.7. The van der Waals surface area contributed by atoms with Gasteiger partial charge in [-0.15, -0.1) is 0 Å². The number of non-ortho nitro benzene ring substituents is 1. The standard InChI is InChI=1S/C22H26N2O5/c1-2-23-16-17(7-3-5-13-28-21-8-4-6-14-29-21)15-20(23)22(25)18-9-11-19(12-10-18)24(26)27/h3,7,9-12,15-16,21H,2,4-6,8,13-14H2,1H3. The van der Waals surface area contributed by atoms with E-state index in [0.717, 1.165) is 37.9 Å². The van der Waals surface area contributed by atoms with Gasteiger partial charge in [0.25, 0.3) is 5.69 Å². The van der Waals surface area contributed by atoms with Crippen molar-refractivity contribution in [3.63, 3.8) is 0 Å². The van der Waals surface area contributed by atoms with Crippen molar-refractivity contribution in [2.24, 2.45) is 0 Å². The second kappa shape index (κ2) is 10.1. The van der Waals surface area contributed by atoms with Crippen LogP contribution in [0, 0.1) is 10.1 Å². The molecule has 0 radical (unpaired) electrons. The molecule has 0 amide bonds. The fraction of sp³-hybridized carbons (Fsp3) is 0.409. The summed E-state index contributed by atoms with van der Waals surface area (Å²) < 4.78 is 13.1. The number of nitro groups is 1. The largest absolute Gasteiger partial charge is 0.353 e. The molecule has 0 bridgehead atoms. The number of carbonyl (C=O) groups excluding carboxylic acids is 1. The van der Waals surface area contributed by atoms with Crippen LogP contribution in [0.15, 0.2) is 42.6 Å². The lowest BCUT2D eigenvalue weighted by molar-refractivity contribution is -0.384. The summed E-state index contributed by atoms with van der Waals surface area (Å²) in [5.41, 5.74) is 1.90. The Bertz CT molecular complexity index is 864. The maximum Gasteiger partial charge on any atom is 0.269 e. The number of ether oxygens (including phenoxy) is 2. The zero-order chi connectivity index (χ0) is 20.6. The number of hydrogen-bond acceptors (Lipinski definition) is 5. The molecule has 1 fully saturated rings. The molecule has 0 spiro atoms. The van der Waals surface area contributed by atoms with Crippen molar-refractivity contribution < 1.29 is 19.2 Å². The van der Waals surface area contributed by atoms with E-state index in [4.69, 9.17) is 9.47 Å². The fourth-order valence-corrected chi connectivity index (χ4v) is 3.29. The third-order valence-corrected chi connectivity index (χ3v) is 4.87. The lowest BCUT2D eigenvalue weighted by Crippen LogP contribution is -2.22. The zero-order valence-corrected chi connectivity index (χ0v) is 16.6. The summed E-state index contributed by atoms with van der Waals surface area (Å²) in [6, 6.07) is 7.53. The van der Waals surface area contributed by atoms with Gasteiger partial charge in [0.05, 0.1) is 17.2 Å². The number of benzene rings is 1. The molecular formula is C22H26N2O5.